The Morgan fingerprint density at radius 2 is 1.77 bits per heavy atom. The molecule has 0 N–H and O–H groups in total. The highest BCUT2D eigenvalue weighted by Gasteiger charge is 2.30. The molecule has 152 valence electrons. The Bertz CT molecular complexity index is 1140. The molecule has 0 fully saturated rings. The van der Waals surface area contributed by atoms with Crippen LogP contribution in [0.15, 0.2) is 65.0 Å². The van der Waals surface area contributed by atoms with Gasteiger partial charge < -0.3 is 13.9 Å². The Balaban J connectivity index is 1.59. The summed E-state index contributed by atoms with van der Waals surface area (Å²) >= 11 is 0. The van der Waals surface area contributed by atoms with Crippen molar-refractivity contribution >= 4 is 17.8 Å². The van der Waals surface area contributed by atoms with Gasteiger partial charge in [-0.25, -0.2) is 4.79 Å². The predicted octanol–water partition coefficient (Wildman–Crippen LogP) is 5.72. The van der Waals surface area contributed by atoms with Crippen LogP contribution in [0.25, 0.3) is 6.08 Å². The fourth-order valence-corrected chi connectivity index (χ4v) is 3.25. The second-order valence-corrected chi connectivity index (χ2v) is 8.24. The molecule has 1 aromatic heterocycles. The molecule has 0 aliphatic carbocycles. The van der Waals surface area contributed by atoms with Crippen LogP contribution < -0.4 is 9.47 Å². The molecule has 4 rings (SSSR count). The van der Waals surface area contributed by atoms with Crippen molar-refractivity contribution in [3.05, 3.63) is 88.6 Å². The zero-order valence-corrected chi connectivity index (χ0v) is 17.3. The van der Waals surface area contributed by atoms with Gasteiger partial charge in [0.05, 0.1) is 11.8 Å². The van der Waals surface area contributed by atoms with E-state index in [2.05, 4.69) is 32.9 Å². The van der Waals surface area contributed by atoms with Crippen LogP contribution in [0.1, 0.15) is 58.4 Å². The number of esters is 1. The number of ether oxygens (including phenoxy) is 2. The minimum absolute atomic E-state index is 0.0577. The Morgan fingerprint density at radius 1 is 1.03 bits per heavy atom. The smallest absolute Gasteiger partial charge is 0.379 e. The van der Waals surface area contributed by atoms with Crippen LogP contribution in [-0.4, -0.2) is 11.8 Å². The number of carbonyl (C=O) groups is 2. The summed E-state index contributed by atoms with van der Waals surface area (Å²) in [5, 5.41) is 0. The minimum Gasteiger partial charge on any atom is -0.457 e. The molecule has 0 saturated heterocycles. The van der Waals surface area contributed by atoms with Gasteiger partial charge in [-0.1, -0.05) is 45.0 Å². The van der Waals surface area contributed by atoms with Crippen LogP contribution in [0.2, 0.25) is 0 Å². The summed E-state index contributed by atoms with van der Waals surface area (Å²) in [7, 11) is 0. The summed E-state index contributed by atoms with van der Waals surface area (Å²) in [6.07, 6.45) is 3.13. The zero-order chi connectivity index (χ0) is 21.5. The normalized spacial score (nSPS) is 14.5. The summed E-state index contributed by atoms with van der Waals surface area (Å²) in [4.78, 5) is 24.9. The molecule has 0 radical (unpaired) electrons. The molecule has 5 nitrogen and oxygen atoms in total. The third kappa shape index (κ3) is 3.66. The second-order valence-electron chi connectivity index (χ2n) is 8.24. The molecule has 0 unspecified atom stereocenters. The molecule has 2 heterocycles. The fourth-order valence-electron chi connectivity index (χ4n) is 3.25. The number of allylic oxidation sites excluding steroid dienone is 1. The Hall–Kier alpha value is -3.60. The van der Waals surface area contributed by atoms with Gasteiger partial charge in [-0.2, -0.15) is 0 Å². The van der Waals surface area contributed by atoms with Gasteiger partial charge in [0.25, 0.3) is 0 Å². The number of hydrogen-bond acceptors (Lipinski definition) is 5. The van der Waals surface area contributed by atoms with E-state index in [1.807, 2.05) is 12.1 Å². The first-order chi connectivity index (χ1) is 14.2. The van der Waals surface area contributed by atoms with Gasteiger partial charge >= 0.3 is 5.97 Å². The van der Waals surface area contributed by atoms with Crippen LogP contribution in [0.3, 0.4) is 0 Å². The van der Waals surface area contributed by atoms with E-state index in [0.717, 1.165) is 5.56 Å². The van der Waals surface area contributed by atoms with E-state index in [1.54, 1.807) is 31.2 Å². The first kappa shape index (κ1) is 19.7. The molecule has 5 heteroatoms. The highest BCUT2D eigenvalue weighted by Crippen LogP contribution is 2.39. The lowest BCUT2D eigenvalue weighted by Crippen LogP contribution is -2.10. The maximum atomic E-state index is 12.8. The highest BCUT2D eigenvalue weighted by atomic mass is 16.5. The summed E-state index contributed by atoms with van der Waals surface area (Å²) in [5.41, 5.74) is 3.17. The lowest BCUT2D eigenvalue weighted by atomic mass is 9.86. The average Bonchev–Trinajstić information content (AvgIpc) is 3.34. The molecule has 2 aromatic carbocycles. The molecule has 30 heavy (non-hydrogen) atoms. The molecule has 3 aromatic rings. The van der Waals surface area contributed by atoms with Gasteiger partial charge in [0.1, 0.15) is 11.5 Å². The Kier molecular flexibility index (Phi) is 4.82. The van der Waals surface area contributed by atoms with Gasteiger partial charge in [-0.3, -0.25) is 4.79 Å². The Labute approximate surface area is 174 Å². The van der Waals surface area contributed by atoms with Crippen LogP contribution in [-0.2, 0) is 5.41 Å². The zero-order valence-electron chi connectivity index (χ0n) is 17.3. The number of carbonyl (C=O) groups excluding carboxylic acids is 2. The van der Waals surface area contributed by atoms with Gasteiger partial charge in [-0.05, 0) is 53.8 Å². The Morgan fingerprint density at radius 3 is 2.40 bits per heavy atom. The predicted molar refractivity (Wildman–Crippen MR) is 113 cm³/mol. The summed E-state index contributed by atoms with van der Waals surface area (Å²) in [6.45, 7) is 8.21. The molecule has 0 atom stereocenters. The summed E-state index contributed by atoms with van der Waals surface area (Å²) in [6, 6.07) is 14.4. The lowest BCUT2D eigenvalue weighted by Gasteiger charge is -2.18. The van der Waals surface area contributed by atoms with Crippen molar-refractivity contribution < 1.29 is 23.5 Å². The first-order valence-electron chi connectivity index (χ1n) is 9.68. The van der Waals surface area contributed by atoms with E-state index in [-0.39, 0.29) is 22.7 Å². The van der Waals surface area contributed by atoms with Crippen molar-refractivity contribution in [1.82, 2.24) is 0 Å². The quantitative estimate of drug-likeness (QED) is 0.318. The van der Waals surface area contributed by atoms with Gasteiger partial charge in [0, 0.05) is 5.56 Å². The number of hydrogen-bond donors (Lipinski definition) is 0. The lowest BCUT2D eigenvalue weighted by molar-refractivity contribution is 0.0700. The van der Waals surface area contributed by atoms with Crippen LogP contribution in [0.4, 0.5) is 0 Å². The van der Waals surface area contributed by atoms with Crippen molar-refractivity contribution in [2.24, 2.45) is 0 Å². The summed E-state index contributed by atoms with van der Waals surface area (Å²) in [5.74, 6) is 0.261. The third-order valence-corrected chi connectivity index (χ3v) is 5.04. The highest BCUT2D eigenvalue weighted by molar-refractivity contribution is 6.15. The molecule has 1 aliphatic rings. The van der Waals surface area contributed by atoms with Gasteiger partial charge in [0.15, 0.2) is 5.76 Å². The maximum Gasteiger partial charge on any atom is 0.379 e. The molecular weight excluding hydrogens is 380 g/mol. The van der Waals surface area contributed by atoms with Crippen molar-refractivity contribution in [3.8, 4) is 11.5 Å². The number of rotatable bonds is 3. The topological polar surface area (TPSA) is 65.7 Å². The molecule has 0 amide bonds. The molecular formula is C25H22O5. The monoisotopic (exact) mass is 402 g/mol. The first-order valence-corrected chi connectivity index (χ1v) is 9.68. The van der Waals surface area contributed by atoms with E-state index < -0.39 is 5.97 Å². The van der Waals surface area contributed by atoms with E-state index in [9.17, 15) is 9.59 Å². The van der Waals surface area contributed by atoms with E-state index >= 15 is 0 Å². The molecule has 0 bridgehead atoms. The standard InChI is InChI=1S/C25H22O5/c1-15-19(30-24(27)20-6-5-13-28-20)12-11-18-22(26)21(29-23(15)18)14-16-7-9-17(10-8-16)25(2,3)4/h5-14H,1-4H3/b21-14-. The third-order valence-electron chi connectivity index (χ3n) is 5.04. The van der Waals surface area contributed by atoms with Crippen LogP contribution in [0.5, 0.6) is 11.5 Å². The SMILES string of the molecule is Cc1c(OC(=O)c2ccco2)ccc2c1O/C(=C\c1ccc(C(C)(C)C)cc1)C2=O. The molecule has 0 saturated carbocycles. The minimum atomic E-state index is -0.609. The van der Waals surface area contributed by atoms with E-state index in [1.165, 1.54) is 17.9 Å². The van der Waals surface area contributed by atoms with Crippen LogP contribution in [0, 0.1) is 6.92 Å². The number of benzene rings is 2. The second kappa shape index (κ2) is 7.34. The van der Waals surface area contributed by atoms with Crippen LogP contribution >= 0.6 is 0 Å². The van der Waals surface area contributed by atoms with E-state index in [0.29, 0.717) is 22.6 Å². The number of fused-ring (bicyclic) bond motifs is 1. The van der Waals surface area contributed by atoms with Crippen molar-refractivity contribution in [2.45, 2.75) is 33.1 Å². The summed E-state index contributed by atoms with van der Waals surface area (Å²) < 4.78 is 16.3. The largest absolute Gasteiger partial charge is 0.457 e. The van der Waals surface area contributed by atoms with Crippen molar-refractivity contribution in [3.63, 3.8) is 0 Å². The van der Waals surface area contributed by atoms with Gasteiger partial charge in [-0.15, -0.1) is 0 Å². The number of furan rings is 1. The van der Waals surface area contributed by atoms with Crippen molar-refractivity contribution in [2.75, 3.05) is 0 Å². The van der Waals surface area contributed by atoms with E-state index in [4.69, 9.17) is 13.9 Å². The molecule has 1 aliphatic heterocycles. The fraction of sp³-hybridized carbons (Fsp3) is 0.200. The average molecular weight is 402 g/mol. The van der Waals surface area contributed by atoms with Crippen molar-refractivity contribution in [1.29, 1.82) is 0 Å². The maximum absolute atomic E-state index is 12.8. The number of ketones is 1. The number of Topliss-reactive ketones (excluding diaryl/α,β-unsaturated/α-hetero) is 1. The van der Waals surface area contributed by atoms with Gasteiger partial charge in [0.2, 0.25) is 11.5 Å². The molecule has 0 spiro atoms.